The summed E-state index contributed by atoms with van der Waals surface area (Å²) in [6.45, 7) is 6.35. The SMILES string of the molecule is CC(C)(O)C#Cc1ccc(CN2CCC(c3nc(-c4cccnc4)ncc3-c3ccccc3)CC2)cc1. The average Bonchev–Trinajstić information content (AvgIpc) is 2.93. The summed E-state index contributed by atoms with van der Waals surface area (Å²) in [6.07, 6.45) is 7.69. The number of likely N-dealkylation sites (tertiary alicyclic amines) is 1. The summed E-state index contributed by atoms with van der Waals surface area (Å²) in [7, 11) is 0. The minimum atomic E-state index is -0.980. The number of rotatable bonds is 5. The van der Waals surface area contributed by atoms with Crippen LogP contribution in [0.4, 0.5) is 0 Å². The largest absolute Gasteiger partial charge is 0.378 e. The van der Waals surface area contributed by atoms with Crippen molar-refractivity contribution in [3.8, 4) is 34.4 Å². The zero-order valence-electron chi connectivity index (χ0n) is 21.4. The first kappa shape index (κ1) is 24.8. The number of hydrogen-bond acceptors (Lipinski definition) is 5. The Bertz CT molecular complexity index is 1380. The molecule has 0 amide bonds. The molecule has 0 spiro atoms. The van der Waals surface area contributed by atoms with Crippen molar-refractivity contribution in [2.45, 2.75) is 44.8 Å². The molecule has 0 unspecified atom stereocenters. The van der Waals surface area contributed by atoms with Crippen LogP contribution in [0, 0.1) is 11.8 Å². The predicted molar refractivity (Wildman–Crippen MR) is 148 cm³/mol. The quantitative estimate of drug-likeness (QED) is 0.365. The molecule has 1 fully saturated rings. The zero-order chi connectivity index (χ0) is 25.7. The Morgan fingerprint density at radius 1 is 0.919 bits per heavy atom. The molecule has 186 valence electrons. The van der Waals surface area contributed by atoms with E-state index in [4.69, 9.17) is 9.97 Å². The number of nitrogens with zero attached hydrogens (tertiary/aromatic N) is 4. The molecule has 5 heteroatoms. The van der Waals surface area contributed by atoms with Crippen molar-refractivity contribution in [2.75, 3.05) is 13.1 Å². The van der Waals surface area contributed by atoms with E-state index >= 15 is 0 Å². The Kier molecular flexibility index (Phi) is 7.41. The van der Waals surface area contributed by atoms with E-state index in [1.54, 1.807) is 20.0 Å². The smallest absolute Gasteiger partial charge is 0.160 e. The number of pyridine rings is 1. The molecule has 2 aromatic carbocycles. The van der Waals surface area contributed by atoms with Gasteiger partial charge in [-0.2, -0.15) is 0 Å². The van der Waals surface area contributed by atoms with Crippen LogP contribution in [0.25, 0.3) is 22.5 Å². The van der Waals surface area contributed by atoms with Gasteiger partial charge in [-0.15, -0.1) is 0 Å². The summed E-state index contributed by atoms with van der Waals surface area (Å²) in [4.78, 5) is 16.6. The van der Waals surface area contributed by atoms with Gasteiger partial charge in [0.1, 0.15) is 5.60 Å². The molecule has 5 rings (SSSR count). The summed E-state index contributed by atoms with van der Waals surface area (Å²) >= 11 is 0. The second-order valence-electron chi connectivity index (χ2n) is 10.2. The molecule has 2 aromatic heterocycles. The Hall–Kier alpha value is -3.85. The lowest BCUT2D eigenvalue weighted by Gasteiger charge is -2.32. The number of hydrogen-bond donors (Lipinski definition) is 1. The van der Waals surface area contributed by atoms with Gasteiger partial charge in [0.25, 0.3) is 0 Å². The Morgan fingerprint density at radius 3 is 2.32 bits per heavy atom. The third-order valence-electron chi connectivity index (χ3n) is 6.67. The van der Waals surface area contributed by atoms with Crippen LogP contribution in [-0.2, 0) is 6.54 Å². The van der Waals surface area contributed by atoms with Gasteiger partial charge in [0.15, 0.2) is 5.82 Å². The first-order valence-corrected chi connectivity index (χ1v) is 12.8. The van der Waals surface area contributed by atoms with Crippen molar-refractivity contribution in [1.82, 2.24) is 19.9 Å². The van der Waals surface area contributed by atoms with Crippen LogP contribution in [0.1, 0.15) is 49.4 Å². The van der Waals surface area contributed by atoms with Crippen molar-refractivity contribution < 1.29 is 5.11 Å². The van der Waals surface area contributed by atoms with Crippen molar-refractivity contribution in [1.29, 1.82) is 0 Å². The van der Waals surface area contributed by atoms with E-state index < -0.39 is 5.60 Å². The fraction of sp³-hybridized carbons (Fsp3) is 0.281. The van der Waals surface area contributed by atoms with E-state index in [2.05, 4.69) is 58.1 Å². The van der Waals surface area contributed by atoms with E-state index in [-0.39, 0.29) is 0 Å². The molecule has 0 atom stereocenters. The van der Waals surface area contributed by atoms with Crippen LogP contribution < -0.4 is 0 Å². The van der Waals surface area contributed by atoms with Crippen LogP contribution in [0.5, 0.6) is 0 Å². The monoisotopic (exact) mass is 488 g/mol. The molecule has 0 saturated carbocycles. The van der Waals surface area contributed by atoms with E-state index in [1.165, 1.54) is 5.56 Å². The average molecular weight is 489 g/mol. The molecular formula is C32H32N4O. The van der Waals surface area contributed by atoms with Gasteiger partial charge in [-0.1, -0.05) is 54.3 Å². The van der Waals surface area contributed by atoms with E-state index in [0.717, 1.165) is 66.2 Å². The van der Waals surface area contributed by atoms with Gasteiger partial charge >= 0.3 is 0 Å². The second kappa shape index (κ2) is 11.0. The van der Waals surface area contributed by atoms with E-state index in [0.29, 0.717) is 5.92 Å². The van der Waals surface area contributed by atoms with Crippen molar-refractivity contribution in [2.24, 2.45) is 0 Å². The van der Waals surface area contributed by atoms with Gasteiger partial charge in [-0.25, -0.2) is 9.97 Å². The number of aromatic nitrogens is 3. The maximum atomic E-state index is 9.82. The van der Waals surface area contributed by atoms with Crippen molar-refractivity contribution in [3.05, 3.63) is 102 Å². The van der Waals surface area contributed by atoms with Gasteiger partial charge in [-0.3, -0.25) is 9.88 Å². The number of benzene rings is 2. The summed E-state index contributed by atoms with van der Waals surface area (Å²) in [5, 5.41) is 9.82. The Balaban J connectivity index is 1.30. The standard InChI is InChI=1S/C32H32N4O/c1-32(2,37)17-14-24-10-12-25(13-11-24)23-36-19-15-27(16-20-36)30-29(26-7-4-3-5-8-26)22-34-31(35-30)28-9-6-18-33-21-28/h3-13,18,21-22,27,37H,15-16,19-20,23H2,1-2H3. The van der Waals surface area contributed by atoms with Gasteiger partial charge < -0.3 is 5.11 Å². The van der Waals surface area contributed by atoms with Crippen LogP contribution >= 0.6 is 0 Å². The minimum absolute atomic E-state index is 0.379. The summed E-state index contributed by atoms with van der Waals surface area (Å²) in [5.41, 5.74) is 5.57. The molecule has 1 aliphatic heterocycles. The highest BCUT2D eigenvalue weighted by atomic mass is 16.3. The zero-order valence-corrected chi connectivity index (χ0v) is 21.4. The number of aliphatic hydroxyl groups is 1. The second-order valence-corrected chi connectivity index (χ2v) is 10.2. The lowest BCUT2D eigenvalue weighted by molar-refractivity contribution is 0.143. The number of piperidine rings is 1. The summed E-state index contributed by atoms with van der Waals surface area (Å²) < 4.78 is 0. The first-order chi connectivity index (χ1) is 17.9. The fourth-order valence-corrected chi connectivity index (χ4v) is 4.72. The molecule has 5 nitrogen and oxygen atoms in total. The molecule has 1 aliphatic rings. The van der Waals surface area contributed by atoms with Gasteiger partial charge in [0.2, 0.25) is 0 Å². The van der Waals surface area contributed by atoms with Crippen molar-refractivity contribution >= 4 is 0 Å². The van der Waals surface area contributed by atoms with E-state index in [1.807, 2.05) is 42.7 Å². The lowest BCUT2D eigenvalue weighted by Crippen LogP contribution is -2.33. The highest BCUT2D eigenvalue weighted by molar-refractivity contribution is 5.67. The molecule has 0 radical (unpaired) electrons. The molecule has 3 heterocycles. The molecule has 1 N–H and O–H groups in total. The van der Waals surface area contributed by atoms with Crippen LogP contribution in [0.15, 0.2) is 85.3 Å². The molecule has 37 heavy (non-hydrogen) atoms. The van der Waals surface area contributed by atoms with E-state index in [9.17, 15) is 5.11 Å². The third-order valence-corrected chi connectivity index (χ3v) is 6.67. The first-order valence-electron chi connectivity index (χ1n) is 12.8. The minimum Gasteiger partial charge on any atom is -0.378 e. The molecular weight excluding hydrogens is 456 g/mol. The molecule has 4 aromatic rings. The van der Waals surface area contributed by atoms with Gasteiger partial charge in [0, 0.05) is 47.7 Å². The molecule has 0 bridgehead atoms. The maximum absolute atomic E-state index is 9.82. The summed E-state index contributed by atoms with van der Waals surface area (Å²) in [6, 6.07) is 22.7. The van der Waals surface area contributed by atoms with Gasteiger partial charge in [0.05, 0.1) is 5.69 Å². The Labute approximate surface area is 219 Å². The lowest BCUT2D eigenvalue weighted by atomic mass is 9.88. The fourth-order valence-electron chi connectivity index (χ4n) is 4.72. The van der Waals surface area contributed by atoms with Crippen LogP contribution in [0.2, 0.25) is 0 Å². The molecule has 1 saturated heterocycles. The normalized spacial score (nSPS) is 14.7. The molecule has 0 aliphatic carbocycles. The summed E-state index contributed by atoms with van der Waals surface area (Å²) in [5.74, 6) is 7.03. The highest BCUT2D eigenvalue weighted by Gasteiger charge is 2.25. The van der Waals surface area contributed by atoms with Crippen molar-refractivity contribution in [3.63, 3.8) is 0 Å². The topological polar surface area (TPSA) is 62.1 Å². The third kappa shape index (κ3) is 6.48. The van der Waals surface area contributed by atoms with Crippen LogP contribution in [0.3, 0.4) is 0 Å². The Morgan fingerprint density at radius 2 is 1.65 bits per heavy atom. The van der Waals surface area contributed by atoms with Gasteiger partial charge in [-0.05, 0) is 75.2 Å². The maximum Gasteiger partial charge on any atom is 0.160 e. The highest BCUT2D eigenvalue weighted by Crippen LogP contribution is 2.35. The van der Waals surface area contributed by atoms with Crippen LogP contribution in [-0.4, -0.2) is 43.6 Å². The predicted octanol–water partition coefficient (Wildman–Crippen LogP) is 5.71.